The molecule has 0 aliphatic rings. The SMILES string of the molecule is CCCCCCCCC(CCc1cccc(CCl)c1)C(OCC)(OCC)OCC. The van der Waals surface area contributed by atoms with Gasteiger partial charge in [-0.3, -0.25) is 0 Å². The highest BCUT2D eigenvalue weighted by molar-refractivity contribution is 6.17. The molecule has 168 valence electrons. The summed E-state index contributed by atoms with van der Waals surface area (Å²) in [4.78, 5) is 0. The van der Waals surface area contributed by atoms with Crippen LogP contribution < -0.4 is 0 Å². The van der Waals surface area contributed by atoms with E-state index in [9.17, 15) is 0 Å². The molecule has 0 saturated heterocycles. The maximum absolute atomic E-state index is 6.14. The normalized spacial score (nSPS) is 13.0. The lowest BCUT2D eigenvalue weighted by Gasteiger charge is -2.39. The Balaban J connectivity index is 2.85. The largest absolute Gasteiger partial charge is 0.328 e. The van der Waals surface area contributed by atoms with E-state index in [0.717, 1.165) is 19.3 Å². The standard InChI is InChI=1S/C25H43ClO3/c1-5-9-10-11-12-13-17-24(25(27-6-2,28-7-3)29-8-4)19-18-22-15-14-16-23(20-22)21-26/h14-16,20,24H,5-13,17-19,21H2,1-4H3. The Morgan fingerprint density at radius 3 is 1.97 bits per heavy atom. The number of hydrogen-bond donors (Lipinski definition) is 0. The van der Waals surface area contributed by atoms with Crippen molar-refractivity contribution in [3.63, 3.8) is 0 Å². The number of rotatable bonds is 18. The fourth-order valence-corrected chi connectivity index (χ4v) is 4.13. The summed E-state index contributed by atoms with van der Waals surface area (Å²) in [6.45, 7) is 10.0. The Morgan fingerprint density at radius 1 is 0.793 bits per heavy atom. The number of aryl methyl sites for hydroxylation is 1. The van der Waals surface area contributed by atoms with Gasteiger partial charge in [0.2, 0.25) is 0 Å². The molecule has 0 bridgehead atoms. The van der Waals surface area contributed by atoms with Crippen molar-refractivity contribution in [1.29, 1.82) is 0 Å². The second-order valence-corrected chi connectivity index (χ2v) is 7.92. The topological polar surface area (TPSA) is 27.7 Å². The molecule has 1 unspecified atom stereocenters. The van der Waals surface area contributed by atoms with E-state index in [2.05, 4.69) is 31.2 Å². The van der Waals surface area contributed by atoms with Crippen LogP contribution in [0.15, 0.2) is 24.3 Å². The fourth-order valence-electron chi connectivity index (χ4n) is 3.96. The number of hydrogen-bond acceptors (Lipinski definition) is 3. The third-order valence-corrected chi connectivity index (χ3v) is 5.68. The van der Waals surface area contributed by atoms with E-state index in [1.807, 2.05) is 20.8 Å². The van der Waals surface area contributed by atoms with Crippen molar-refractivity contribution in [3.8, 4) is 0 Å². The molecular weight excluding hydrogens is 384 g/mol. The zero-order chi connectivity index (χ0) is 21.4. The molecule has 0 fully saturated rings. The van der Waals surface area contributed by atoms with Crippen LogP contribution in [0.25, 0.3) is 0 Å². The van der Waals surface area contributed by atoms with Crippen LogP contribution in [-0.4, -0.2) is 25.8 Å². The molecule has 0 aliphatic heterocycles. The summed E-state index contributed by atoms with van der Waals surface area (Å²) in [5.74, 6) is -0.185. The summed E-state index contributed by atoms with van der Waals surface area (Å²) in [6.07, 6.45) is 10.7. The zero-order valence-electron chi connectivity index (χ0n) is 19.2. The van der Waals surface area contributed by atoms with Crippen LogP contribution in [0.1, 0.15) is 90.2 Å². The third kappa shape index (κ3) is 9.83. The van der Waals surface area contributed by atoms with E-state index in [1.54, 1.807) is 0 Å². The molecule has 0 radical (unpaired) electrons. The van der Waals surface area contributed by atoms with E-state index < -0.39 is 5.97 Å². The average molecular weight is 427 g/mol. The summed E-state index contributed by atoms with van der Waals surface area (Å²) in [6, 6.07) is 8.56. The second-order valence-electron chi connectivity index (χ2n) is 7.65. The minimum absolute atomic E-state index is 0.202. The molecule has 3 nitrogen and oxygen atoms in total. The molecule has 0 saturated carbocycles. The third-order valence-electron chi connectivity index (χ3n) is 5.37. The van der Waals surface area contributed by atoms with Gasteiger partial charge in [-0.1, -0.05) is 69.7 Å². The molecule has 0 heterocycles. The number of unbranched alkanes of at least 4 members (excludes halogenated alkanes) is 5. The monoisotopic (exact) mass is 426 g/mol. The van der Waals surface area contributed by atoms with Crippen LogP contribution in [0.2, 0.25) is 0 Å². The Hall–Kier alpha value is -0.610. The summed E-state index contributed by atoms with van der Waals surface area (Å²) >= 11 is 6.02. The summed E-state index contributed by atoms with van der Waals surface area (Å²) < 4.78 is 18.4. The Kier molecular flexibility index (Phi) is 14.7. The summed E-state index contributed by atoms with van der Waals surface area (Å²) in [5, 5.41) is 0. The molecule has 0 aromatic heterocycles. The number of benzene rings is 1. The molecule has 0 spiro atoms. The van der Waals surface area contributed by atoms with Crippen LogP contribution in [-0.2, 0) is 26.5 Å². The summed E-state index contributed by atoms with van der Waals surface area (Å²) in [5.41, 5.74) is 2.48. The smallest absolute Gasteiger partial charge is 0.285 e. The van der Waals surface area contributed by atoms with Crippen molar-refractivity contribution in [2.45, 2.75) is 97.3 Å². The Morgan fingerprint density at radius 2 is 1.38 bits per heavy atom. The van der Waals surface area contributed by atoms with E-state index >= 15 is 0 Å². The fraction of sp³-hybridized carbons (Fsp3) is 0.760. The molecule has 0 amide bonds. The highest BCUT2D eigenvalue weighted by Crippen LogP contribution is 2.34. The quantitative estimate of drug-likeness (QED) is 0.138. The molecule has 4 heteroatoms. The van der Waals surface area contributed by atoms with Gasteiger partial charge in [0.25, 0.3) is 5.97 Å². The molecule has 1 rings (SSSR count). The highest BCUT2D eigenvalue weighted by atomic mass is 35.5. The summed E-state index contributed by atoms with van der Waals surface area (Å²) in [7, 11) is 0. The number of alkyl halides is 1. The van der Waals surface area contributed by atoms with Crippen molar-refractivity contribution in [2.24, 2.45) is 5.92 Å². The van der Waals surface area contributed by atoms with Gasteiger partial charge in [0, 0.05) is 31.6 Å². The van der Waals surface area contributed by atoms with E-state index in [0.29, 0.717) is 25.7 Å². The molecule has 1 aromatic rings. The molecule has 29 heavy (non-hydrogen) atoms. The molecular formula is C25H43ClO3. The minimum Gasteiger partial charge on any atom is -0.328 e. The zero-order valence-corrected chi connectivity index (χ0v) is 19.9. The second kappa shape index (κ2) is 16.1. The first-order valence-electron chi connectivity index (χ1n) is 11.7. The number of halogens is 1. The van der Waals surface area contributed by atoms with Gasteiger partial charge >= 0.3 is 0 Å². The maximum atomic E-state index is 6.14. The molecule has 0 N–H and O–H groups in total. The van der Waals surface area contributed by atoms with Gasteiger partial charge in [-0.2, -0.15) is 0 Å². The first-order chi connectivity index (χ1) is 14.2. The molecule has 1 aromatic carbocycles. The van der Waals surface area contributed by atoms with Gasteiger partial charge in [0.15, 0.2) is 0 Å². The van der Waals surface area contributed by atoms with Crippen molar-refractivity contribution in [2.75, 3.05) is 19.8 Å². The van der Waals surface area contributed by atoms with Gasteiger partial charge in [0.05, 0.1) is 0 Å². The van der Waals surface area contributed by atoms with Gasteiger partial charge in [-0.05, 0) is 51.2 Å². The van der Waals surface area contributed by atoms with Gasteiger partial charge < -0.3 is 14.2 Å². The first-order valence-corrected chi connectivity index (χ1v) is 12.2. The van der Waals surface area contributed by atoms with Crippen LogP contribution >= 0.6 is 11.6 Å². The first kappa shape index (κ1) is 26.4. The Bertz CT molecular complexity index is 504. The minimum atomic E-state index is -0.939. The lowest BCUT2D eigenvalue weighted by Crippen LogP contribution is -2.47. The van der Waals surface area contributed by atoms with Crippen LogP contribution in [0.3, 0.4) is 0 Å². The van der Waals surface area contributed by atoms with Crippen molar-refractivity contribution >= 4 is 11.6 Å². The van der Waals surface area contributed by atoms with Crippen molar-refractivity contribution in [1.82, 2.24) is 0 Å². The lowest BCUT2D eigenvalue weighted by atomic mass is 9.91. The van der Waals surface area contributed by atoms with E-state index in [-0.39, 0.29) is 5.92 Å². The predicted octanol–water partition coefficient (Wildman–Crippen LogP) is 7.49. The van der Waals surface area contributed by atoms with Crippen LogP contribution in [0, 0.1) is 5.92 Å². The molecule has 0 aliphatic carbocycles. The van der Waals surface area contributed by atoms with Crippen molar-refractivity contribution < 1.29 is 14.2 Å². The predicted molar refractivity (Wildman–Crippen MR) is 123 cm³/mol. The average Bonchev–Trinajstić information content (AvgIpc) is 2.73. The van der Waals surface area contributed by atoms with Gasteiger partial charge in [0.1, 0.15) is 0 Å². The Labute approximate surface area is 184 Å². The highest BCUT2D eigenvalue weighted by Gasteiger charge is 2.41. The van der Waals surface area contributed by atoms with E-state index in [1.165, 1.54) is 49.7 Å². The van der Waals surface area contributed by atoms with Crippen molar-refractivity contribution in [3.05, 3.63) is 35.4 Å². The van der Waals surface area contributed by atoms with Gasteiger partial charge in [-0.15, -0.1) is 11.6 Å². The number of ether oxygens (including phenoxy) is 3. The van der Waals surface area contributed by atoms with E-state index in [4.69, 9.17) is 25.8 Å². The van der Waals surface area contributed by atoms with Crippen LogP contribution in [0.5, 0.6) is 0 Å². The lowest BCUT2D eigenvalue weighted by molar-refractivity contribution is -0.403. The maximum Gasteiger partial charge on any atom is 0.285 e. The van der Waals surface area contributed by atoms with Crippen LogP contribution in [0.4, 0.5) is 0 Å². The van der Waals surface area contributed by atoms with Gasteiger partial charge in [-0.25, -0.2) is 0 Å². The molecule has 1 atom stereocenters.